The van der Waals surface area contributed by atoms with Crippen molar-refractivity contribution in [3.63, 3.8) is 0 Å². The molecule has 0 aliphatic carbocycles. The highest BCUT2D eigenvalue weighted by Crippen LogP contribution is 2.26. The quantitative estimate of drug-likeness (QED) is 0.503. The van der Waals surface area contributed by atoms with Gasteiger partial charge in [-0.3, -0.25) is 4.79 Å². The normalized spacial score (nSPS) is 16.6. The molecule has 1 fully saturated rings. The molecular weight excluding hydrogens is 358 g/mol. The van der Waals surface area contributed by atoms with Crippen LogP contribution in [0.2, 0.25) is 0 Å². The molecule has 3 heterocycles. The molecular formula is C20H21N5O3. The predicted octanol–water partition coefficient (Wildman–Crippen LogP) is 2.75. The van der Waals surface area contributed by atoms with Gasteiger partial charge in [-0.15, -0.1) is 0 Å². The summed E-state index contributed by atoms with van der Waals surface area (Å²) in [6, 6.07) is 15.3. The molecule has 1 amide bonds. The third-order valence-corrected chi connectivity index (χ3v) is 5.04. The third-order valence-electron chi connectivity index (χ3n) is 5.04. The zero-order chi connectivity index (χ0) is 19.5. The highest BCUT2D eigenvalue weighted by molar-refractivity contribution is 5.78. The predicted molar refractivity (Wildman–Crippen MR) is 105 cm³/mol. The van der Waals surface area contributed by atoms with Crippen LogP contribution in [0.1, 0.15) is 12.0 Å². The summed E-state index contributed by atoms with van der Waals surface area (Å²) in [4.78, 5) is 29.5. The molecule has 1 atom stereocenters. The minimum absolute atomic E-state index is 0.0825. The first kappa shape index (κ1) is 18.0. The fourth-order valence-electron chi connectivity index (χ4n) is 3.63. The number of amides is 1. The number of carbonyl (C=O) groups excluding carboxylic acids is 1. The number of nitrogens with zero attached hydrogens (tertiary/aromatic N) is 4. The summed E-state index contributed by atoms with van der Waals surface area (Å²) in [6.07, 6.45) is 2.89. The minimum atomic E-state index is -0.436. The van der Waals surface area contributed by atoms with Crippen LogP contribution in [0, 0.1) is 16.0 Å². The molecule has 1 N–H and O–H groups in total. The lowest BCUT2D eigenvalue weighted by atomic mass is 10.1. The molecule has 0 saturated carbocycles. The van der Waals surface area contributed by atoms with Gasteiger partial charge in [0.2, 0.25) is 17.4 Å². The first-order chi connectivity index (χ1) is 13.6. The second-order valence-corrected chi connectivity index (χ2v) is 7.00. The largest absolute Gasteiger partial charge is 0.372 e. The van der Waals surface area contributed by atoms with Crippen LogP contribution >= 0.6 is 0 Å². The number of pyridine rings is 1. The van der Waals surface area contributed by atoms with E-state index in [0.29, 0.717) is 31.7 Å². The van der Waals surface area contributed by atoms with Crippen LogP contribution in [0.4, 0.5) is 11.6 Å². The Bertz CT molecular complexity index is 1000. The van der Waals surface area contributed by atoms with E-state index < -0.39 is 4.92 Å². The van der Waals surface area contributed by atoms with Gasteiger partial charge in [0, 0.05) is 38.0 Å². The van der Waals surface area contributed by atoms with Crippen molar-refractivity contribution < 1.29 is 9.72 Å². The van der Waals surface area contributed by atoms with Crippen molar-refractivity contribution in [1.82, 2.24) is 14.3 Å². The molecule has 4 rings (SSSR count). The van der Waals surface area contributed by atoms with Gasteiger partial charge in [-0.1, -0.05) is 36.4 Å². The molecule has 0 spiro atoms. The SMILES string of the molecule is O=C1CC(CNc2nc3ccccn3c2[N+](=O)[O-])CN1CCc1ccccc1. The molecule has 2 aromatic heterocycles. The zero-order valence-electron chi connectivity index (χ0n) is 15.3. The number of nitrogens with one attached hydrogen (secondary N) is 1. The van der Waals surface area contributed by atoms with Crippen LogP contribution in [-0.4, -0.2) is 44.7 Å². The Morgan fingerprint density at radius 2 is 1.96 bits per heavy atom. The number of benzene rings is 1. The van der Waals surface area contributed by atoms with Crippen molar-refractivity contribution in [2.24, 2.45) is 5.92 Å². The summed E-state index contributed by atoms with van der Waals surface area (Å²) in [6.45, 7) is 1.81. The Hall–Kier alpha value is -3.42. The average Bonchev–Trinajstić information content (AvgIpc) is 3.25. The van der Waals surface area contributed by atoms with Gasteiger partial charge in [0.15, 0.2) is 0 Å². The molecule has 28 heavy (non-hydrogen) atoms. The van der Waals surface area contributed by atoms with Crippen LogP contribution in [0.5, 0.6) is 0 Å². The van der Waals surface area contributed by atoms with Crippen molar-refractivity contribution in [1.29, 1.82) is 0 Å². The van der Waals surface area contributed by atoms with Gasteiger partial charge in [0.25, 0.3) is 0 Å². The second-order valence-electron chi connectivity index (χ2n) is 7.00. The fraction of sp³-hybridized carbons (Fsp3) is 0.300. The van der Waals surface area contributed by atoms with Crippen LogP contribution < -0.4 is 5.32 Å². The number of carbonyl (C=O) groups is 1. The fourth-order valence-corrected chi connectivity index (χ4v) is 3.63. The highest BCUT2D eigenvalue weighted by atomic mass is 16.6. The van der Waals surface area contributed by atoms with E-state index in [1.54, 1.807) is 24.4 Å². The number of likely N-dealkylation sites (tertiary alicyclic amines) is 1. The molecule has 1 aliphatic rings. The second kappa shape index (κ2) is 7.67. The number of aromatic nitrogens is 2. The number of anilines is 1. The highest BCUT2D eigenvalue weighted by Gasteiger charge is 2.30. The molecule has 1 aliphatic heterocycles. The maximum absolute atomic E-state index is 12.3. The van der Waals surface area contributed by atoms with Crippen molar-refractivity contribution in [2.45, 2.75) is 12.8 Å². The molecule has 0 bridgehead atoms. The van der Waals surface area contributed by atoms with Crippen molar-refractivity contribution in [2.75, 3.05) is 25.0 Å². The summed E-state index contributed by atoms with van der Waals surface area (Å²) in [5, 5.41) is 14.5. The van der Waals surface area contributed by atoms with Gasteiger partial charge in [-0.2, -0.15) is 9.38 Å². The first-order valence-corrected chi connectivity index (χ1v) is 9.29. The number of fused-ring (bicyclic) bond motifs is 1. The smallest absolute Gasteiger partial charge is 0.363 e. The van der Waals surface area contributed by atoms with Gasteiger partial charge >= 0.3 is 5.82 Å². The molecule has 1 unspecified atom stereocenters. The monoisotopic (exact) mass is 379 g/mol. The molecule has 3 aromatic rings. The third kappa shape index (κ3) is 3.66. The summed E-state index contributed by atoms with van der Waals surface area (Å²) in [5.74, 6) is 0.396. The summed E-state index contributed by atoms with van der Waals surface area (Å²) < 4.78 is 1.45. The summed E-state index contributed by atoms with van der Waals surface area (Å²) in [7, 11) is 0. The van der Waals surface area contributed by atoms with E-state index >= 15 is 0 Å². The minimum Gasteiger partial charge on any atom is -0.363 e. The van der Waals surface area contributed by atoms with E-state index in [1.165, 1.54) is 9.96 Å². The Morgan fingerprint density at radius 1 is 1.18 bits per heavy atom. The van der Waals surface area contributed by atoms with E-state index in [0.717, 1.165) is 6.42 Å². The number of nitro groups is 1. The standard InChI is InChI=1S/C20H21N5O3/c26-18-12-16(14-23(18)11-9-15-6-2-1-3-7-15)13-21-19-20(25(27)28)24-10-5-4-8-17(24)22-19/h1-8,10,16,21H,9,11-14H2. The van der Waals surface area contributed by atoms with Gasteiger partial charge in [0.1, 0.15) is 0 Å². The number of hydrogen-bond donors (Lipinski definition) is 1. The van der Waals surface area contributed by atoms with E-state index in [1.807, 2.05) is 23.1 Å². The van der Waals surface area contributed by atoms with Crippen LogP contribution in [-0.2, 0) is 11.2 Å². The van der Waals surface area contributed by atoms with Gasteiger partial charge in [-0.05, 0) is 23.0 Å². The zero-order valence-corrected chi connectivity index (χ0v) is 15.3. The van der Waals surface area contributed by atoms with Crippen LogP contribution in [0.25, 0.3) is 5.65 Å². The summed E-state index contributed by atoms with van der Waals surface area (Å²) >= 11 is 0. The van der Waals surface area contributed by atoms with Crippen molar-refractivity contribution in [3.8, 4) is 0 Å². The van der Waals surface area contributed by atoms with Gasteiger partial charge < -0.3 is 20.3 Å². The van der Waals surface area contributed by atoms with E-state index in [2.05, 4.69) is 22.4 Å². The number of hydrogen-bond acceptors (Lipinski definition) is 5. The average molecular weight is 379 g/mol. The Balaban J connectivity index is 1.38. The number of imidazole rings is 1. The Labute approximate surface area is 161 Å². The summed E-state index contributed by atoms with van der Waals surface area (Å²) in [5.41, 5.74) is 1.72. The van der Waals surface area contributed by atoms with E-state index in [4.69, 9.17) is 0 Å². The van der Waals surface area contributed by atoms with Gasteiger partial charge in [-0.25, -0.2) is 0 Å². The Morgan fingerprint density at radius 3 is 2.75 bits per heavy atom. The van der Waals surface area contributed by atoms with Crippen LogP contribution in [0.15, 0.2) is 54.7 Å². The first-order valence-electron chi connectivity index (χ1n) is 9.29. The topological polar surface area (TPSA) is 92.8 Å². The van der Waals surface area contributed by atoms with E-state index in [-0.39, 0.29) is 23.5 Å². The molecule has 8 heteroatoms. The lowest BCUT2D eigenvalue weighted by Gasteiger charge is -2.16. The van der Waals surface area contributed by atoms with E-state index in [9.17, 15) is 14.9 Å². The maximum Gasteiger partial charge on any atom is 0.372 e. The molecule has 1 saturated heterocycles. The van der Waals surface area contributed by atoms with Crippen molar-refractivity contribution in [3.05, 3.63) is 70.4 Å². The number of rotatable bonds is 7. The lowest BCUT2D eigenvalue weighted by molar-refractivity contribution is -0.389. The van der Waals surface area contributed by atoms with Crippen molar-refractivity contribution >= 4 is 23.2 Å². The molecule has 0 radical (unpaired) electrons. The molecule has 8 nitrogen and oxygen atoms in total. The molecule has 144 valence electrons. The van der Waals surface area contributed by atoms with Gasteiger partial charge in [0.05, 0.1) is 6.20 Å². The maximum atomic E-state index is 12.3. The van der Waals surface area contributed by atoms with Crippen LogP contribution in [0.3, 0.4) is 0 Å². The molecule has 1 aromatic carbocycles. The Kier molecular flexibility index (Phi) is 4.92. The lowest BCUT2D eigenvalue weighted by Crippen LogP contribution is -2.28.